The predicted octanol–water partition coefficient (Wildman–Crippen LogP) is 2.85. The molecule has 0 aromatic rings. The molecule has 2 atom stereocenters. The zero-order valence-electron chi connectivity index (χ0n) is 14.1. The average molecular weight is 298 g/mol. The molecule has 4 nitrogen and oxygen atoms in total. The molecule has 124 valence electrons. The van der Waals surface area contributed by atoms with Crippen molar-refractivity contribution in [2.75, 3.05) is 19.8 Å². The number of carbonyl (C=O) groups is 1. The first-order valence-electron chi connectivity index (χ1n) is 8.73. The van der Waals surface area contributed by atoms with E-state index in [2.05, 4.69) is 26.1 Å². The summed E-state index contributed by atoms with van der Waals surface area (Å²) in [7, 11) is 0. The topological polar surface area (TPSA) is 64.3 Å². The van der Waals surface area contributed by atoms with E-state index in [0.717, 1.165) is 38.8 Å². The first-order valence-corrected chi connectivity index (χ1v) is 8.73. The van der Waals surface area contributed by atoms with Crippen LogP contribution < -0.4 is 11.1 Å². The van der Waals surface area contributed by atoms with Crippen molar-refractivity contribution in [1.29, 1.82) is 0 Å². The maximum atomic E-state index is 12.0. The fourth-order valence-corrected chi connectivity index (χ4v) is 2.88. The van der Waals surface area contributed by atoms with Crippen molar-refractivity contribution in [1.82, 2.24) is 5.32 Å². The van der Waals surface area contributed by atoms with Gasteiger partial charge in [-0.25, -0.2) is 0 Å². The van der Waals surface area contributed by atoms with E-state index >= 15 is 0 Å². The molecule has 4 heteroatoms. The van der Waals surface area contributed by atoms with Crippen LogP contribution in [0, 0.1) is 11.8 Å². The van der Waals surface area contributed by atoms with Crippen LogP contribution in [0.2, 0.25) is 0 Å². The molecule has 1 aliphatic rings. The minimum atomic E-state index is -0.640. The van der Waals surface area contributed by atoms with Crippen LogP contribution in [0.15, 0.2) is 0 Å². The molecule has 1 aliphatic carbocycles. The number of primary amides is 1. The monoisotopic (exact) mass is 298 g/mol. The van der Waals surface area contributed by atoms with Crippen LogP contribution in [0.5, 0.6) is 0 Å². The molecule has 0 heterocycles. The second-order valence-electron chi connectivity index (χ2n) is 6.47. The van der Waals surface area contributed by atoms with Crippen molar-refractivity contribution in [2.24, 2.45) is 17.6 Å². The van der Waals surface area contributed by atoms with Crippen LogP contribution in [0.3, 0.4) is 0 Å². The summed E-state index contributed by atoms with van der Waals surface area (Å²) in [6.07, 6.45) is 7.97. The van der Waals surface area contributed by atoms with Crippen LogP contribution in [-0.4, -0.2) is 31.2 Å². The Hall–Kier alpha value is -0.610. The van der Waals surface area contributed by atoms with E-state index in [4.69, 9.17) is 10.5 Å². The van der Waals surface area contributed by atoms with Crippen molar-refractivity contribution in [3.05, 3.63) is 0 Å². The van der Waals surface area contributed by atoms with E-state index in [0.29, 0.717) is 18.4 Å². The van der Waals surface area contributed by atoms with Crippen LogP contribution in [-0.2, 0) is 9.53 Å². The minimum Gasteiger partial charge on any atom is -0.379 e. The lowest BCUT2D eigenvalue weighted by molar-refractivity contribution is -0.128. The first kappa shape index (κ1) is 18.4. The summed E-state index contributed by atoms with van der Waals surface area (Å²) in [5.74, 6) is 0.707. The van der Waals surface area contributed by atoms with Gasteiger partial charge in [0, 0.05) is 6.61 Å². The standard InChI is InChI=1S/C17H34N2O2/c1-4-7-8-14(6-3)12-21-13-17(16(18)20,15-9-10-15)19-11-5-2/h14-15,19H,4-13H2,1-3H3,(H2,18,20). The molecular formula is C17H34N2O2. The van der Waals surface area contributed by atoms with E-state index in [-0.39, 0.29) is 5.91 Å². The SMILES string of the molecule is CCCCC(CC)COCC(NCCC)(C(N)=O)C1CC1. The lowest BCUT2D eigenvalue weighted by Crippen LogP contribution is -2.60. The zero-order chi connectivity index (χ0) is 15.7. The average Bonchev–Trinajstić information content (AvgIpc) is 3.30. The van der Waals surface area contributed by atoms with Gasteiger partial charge in [-0.2, -0.15) is 0 Å². The third-order valence-corrected chi connectivity index (χ3v) is 4.63. The van der Waals surface area contributed by atoms with E-state index in [1.54, 1.807) is 0 Å². The molecule has 1 amide bonds. The maximum Gasteiger partial charge on any atom is 0.240 e. The van der Waals surface area contributed by atoms with Gasteiger partial charge < -0.3 is 15.8 Å². The quantitative estimate of drug-likeness (QED) is 0.549. The molecule has 2 unspecified atom stereocenters. The third-order valence-electron chi connectivity index (χ3n) is 4.63. The van der Waals surface area contributed by atoms with Gasteiger partial charge in [0.05, 0.1) is 6.61 Å². The Morgan fingerprint density at radius 2 is 2.05 bits per heavy atom. The van der Waals surface area contributed by atoms with Gasteiger partial charge >= 0.3 is 0 Å². The van der Waals surface area contributed by atoms with Crippen LogP contribution in [0.4, 0.5) is 0 Å². The fraction of sp³-hybridized carbons (Fsp3) is 0.941. The largest absolute Gasteiger partial charge is 0.379 e. The number of hydrogen-bond acceptors (Lipinski definition) is 3. The van der Waals surface area contributed by atoms with E-state index in [1.165, 1.54) is 19.3 Å². The number of amides is 1. The molecular weight excluding hydrogens is 264 g/mol. The molecule has 0 spiro atoms. The number of carbonyl (C=O) groups excluding carboxylic acids is 1. The smallest absolute Gasteiger partial charge is 0.240 e. The van der Waals surface area contributed by atoms with Gasteiger partial charge in [-0.05, 0) is 44.1 Å². The van der Waals surface area contributed by atoms with Gasteiger partial charge in [-0.15, -0.1) is 0 Å². The van der Waals surface area contributed by atoms with Gasteiger partial charge in [0.25, 0.3) is 0 Å². The summed E-state index contributed by atoms with van der Waals surface area (Å²) >= 11 is 0. The second-order valence-corrected chi connectivity index (χ2v) is 6.47. The minimum absolute atomic E-state index is 0.250. The van der Waals surface area contributed by atoms with Crippen molar-refractivity contribution in [3.63, 3.8) is 0 Å². The van der Waals surface area contributed by atoms with E-state index in [1.807, 2.05) is 0 Å². The predicted molar refractivity (Wildman–Crippen MR) is 87.1 cm³/mol. The van der Waals surface area contributed by atoms with Crippen molar-refractivity contribution in [2.45, 2.75) is 71.3 Å². The van der Waals surface area contributed by atoms with Crippen LogP contribution in [0.25, 0.3) is 0 Å². The Morgan fingerprint density at radius 1 is 1.33 bits per heavy atom. The third kappa shape index (κ3) is 5.59. The fourth-order valence-electron chi connectivity index (χ4n) is 2.88. The molecule has 1 rings (SSSR count). The molecule has 1 fully saturated rings. The van der Waals surface area contributed by atoms with E-state index < -0.39 is 5.54 Å². The van der Waals surface area contributed by atoms with E-state index in [9.17, 15) is 4.79 Å². The summed E-state index contributed by atoms with van der Waals surface area (Å²) < 4.78 is 5.95. The number of nitrogens with one attached hydrogen (secondary N) is 1. The summed E-state index contributed by atoms with van der Waals surface area (Å²) in [5, 5.41) is 3.38. The summed E-state index contributed by atoms with van der Waals surface area (Å²) in [6.45, 7) is 8.51. The number of ether oxygens (including phenoxy) is 1. The van der Waals surface area contributed by atoms with Crippen molar-refractivity contribution >= 4 is 5.91 Å². The first-order chi connectivity index (χ1) is 10.1. The molecule has 0 aromatic heterocycles. The highest BCUT2D eigenvalue weighted by molar-refractivity contribution is 5.85. The lowest BCUT2D eigenvalue weighted by Gasteiger charge is -2.32. The molecule has 0 bridgehead atoms. The van der Waals surface area contributed by atoms with Gasteiger partial charge in [-0.1, -0.05) is 40.0 Å². The van der Waals surface area contributed by atoms with Crippen LogP contribution >= 0.6 is 0 Å². The second kappa shape index (κ2) is 9.42. The molecule has 0 radical (unpaired) electrons. The highest BCUT2D eigenvalue weighted by atomic mass is 16.5. The normalized spacial score (nSPS) is 19.2. The van der Waals surface area contributed by atoms with Gasteiger partial charge in [0.1, 0.15) is 5.54 Å². The Bertz CT molecular complexity index is 305. The molecule has 21 heavy (non-hydrogen) atoms. The van der Waals surface area contributed by atoms with Gasteiger partial charge in [0.15, 0.2) is 0 Å². The molecule has 1 saturated carbocycles. The maximum absolute atomic E-state index is 12.0. The summed E-state index contributed by atoms with van der Waals surface area (Å²) in [4.78, 5) is 12.0. The Labute approximate surface area is 130 Å². The zero-order valence-corrected chi connectivity index (χ0v) is 14.1. The molecule has 0 saturated heterocycles. The van der Waals surface area contributed by atoms with Crippen molar-refractivity contribution in [3.8, 4) is 0 Å². The molecule has 0 aliphatic heterocycles. The highest BCUT2D eigenvalue weighted by Gasteiger charge is 2.49. The number of nitrogens with two attached hydrogens (primary N) is 1. The number of unbranched alkanes of at least 4 members (excludes halogenated alkanes) is 1. The number of hydrogen-bond donors (Lipinski definition) is 2. The Kier molecular flexibility index (Phi) is 8.27. The highest BCUT2D eigenvalue weighted by Crippen LogP contribution is 2.40. The van der Waals surface area contributed by atoms with Gasteiger partial charge in [0.2, 0.25) is 5.91 Å². The summed E-state index contributed by atoms with van der Waals surface area (Å²) in [5.41, 5.74) is 5.06. The summed E-state index contributed by atoms with van der Waals surface area (Å²) in [6, 6.07) is 0. The Balaban J connectivity index is 2.50. The lowest BCUT2D eigenvalue weighted by atomic mass is 9.92. The molecule has 3 N–H and O–H groups in total. The van der Waals surface area contributed by atoms with Crippen LogP contribution in [0.1, 0.15) is 65.7 Å². The number of rotatable bonds is 13. The Morgan fingerprint density at radius 3 is 2.52 bits per heavy atom. The van der Waals surface area contributed by atoms with Crippen molar-refractivity contribution < 1.29 is 9.53 Å². The van der Waals surface area contributed by atoms with Gasteiger partial charge in [-0.3, -0.25) is 4.79 Å². The molecule has 0 aromatic carbocycles.